The third kappa shape index (κ3) is 5.66. The van der Waals surface area contributed by atoms with Crippen LogP contribution in [0.1, 0.15) is 0 Å². The number of para-hydroxylation sites is 2. The molecule has 0 unspecified atom stereocenters. The van der Waals surface area contributed by atoms with Crippen molar-refractivity contribution in [3.05, 3.63) is 206 Å². The molecular formula is C54H32N4OPt. The van der Waals surface area contributed by atoms with Gasteiger partial charge in [-0.15, -0.1) is 12.1 Å². The van der Waals surface area contributed by atoms with Gasteiger partial charge in [0.05, 0.1) is 34.1 Å². The smallest absolute Gasteiger partial charge is 0.497 e. The molecule has 0 radical (unpaired) electrons. The minimum absolute atomic E-state index is 0. The molecule has 12 aromatic rings. The number of hydrogen-bond donors (Lipinski definition) is 0. The maximum Gasteiger partial charge on any atom is 2.00 e. The second-order valence-electron chi connectivity index (χ2n) is 14.8. The Morgan fingerprint density at radius 1 is 0.350 bits per heavy atom. The largest absolute Gasteiger partial charge is 2.00 e. The van der Waals surface area contributed by atoms with Gasteiger partial charge in [0.15, 0.2) is 0 Å². The van der Waals surface area contributed by atoms with Crippen molar-refractivity contribution in [1.29, 1.82) is 0 Å². The van der Waals surface area contributed by atoms with Gasteiger partial charge < -0.3 is 13.5 Å². The Morgan fingerprint density at radius 2 is 0.700 bits per heavy atom. The number of ether oxygens (including phenoxy) is 1. The van der Waals surface area contributed by atoms with Crippen LogP contribution in [0.25, 0.3) is 99.7 Å². The molecule has 0 spiro atoms. The zero-order chi connectivity index (χ0) is 38.9. The summed E-state index contributed by atoms with van der Waals surface area (Å²) < 4.78 is 11.3. The fourth-order valence-electron chi connectivity index (χ4n) is 8.75. The number of nitrogens with zero attached hydrogens (tertiary/aromatic N) is 4. The molecule has 4 aromatic heterocycles. The van der Waals surface area contributed by atoms with Crippen LogP contribution >= 0.6 is 0 Å². The van der Waals surface area contributed by atoms with Crippen LogP contribution in [0.2, 0.25) is 0 Å². The van der Waals surface area contributed by atoms with Crippen molar-refractivity contribution in [3.8, 4) is 56.5 Å². The molecule has 0 N–H and O–H groups in total. The predicted octanol–water partition coefficient (Wildman–Crippen LogP) is 13.7. The molecule has 0 fully saturated rings. The van der Waals surface area contributed by atoms with E-state index < -0.39 is 0 Å². The molecule has 0 aliphatic heterocycles. The summed E-state index contributed by atoms with van der Waals surface area (Å²) in [6, 6.07) is 74.5. The molecule has 0 atom stereocenters. The van der Waals surface area contributed by atoms with E-state index in [9.17, 15) is 0 Å². The topological polar surface area (TPSA) is 43.8 Å². The van der Waals surface area contributed by atoms with Crippen LogP contribution in [0.3, 0.4) is 0 Å². The monoisotopic (exact) mass is 947 g/mol. The Kier molecular flexibility index (Phi) is 8.65. The number of rotatable bonds is 6. The van der Waals surface area contributed by atoms with E-state index in [2.05, 4.69) is 179 Å². The maximum atomic E-state index is 6.74. The standard InChI is InChI=1S/C54H32N4O.Pt/c1-5-17-35(18-6-1)49-51(37-21-9-3-10-22-37)57-47-27-15-13-25-43(47)41-31-29-39(33-45(41)53(57)55-49)59-40-30-32-42-44-26-14-16-28-48(44)58-52(38-23-11-4-12-24-38)50(36-19-7-2-8-20-36)56-54(58)46(42)34-40;/h1-32H;/q-2;+2. The van der Waals surface area contributed by atoms with Gasteiger partial charge in [0.25, 0.3) is 0 Å². The second kappa shape index (κ2) is 14.5. The van der Waals surface area contributed by atoms with E-state index in [1.54, 1.807) is 0 Å². The average Bonchev–Trinajstić information content (AvgIpc) is 3.92. The molecule has 12 rings (SSSR count). The maximum absolute atomic E-state index is 6.74. The molecule has 5 nitrogen and oxygen atoms in total. The molecular weight excluding hydrogens is 916 g/mol. The number of aromatic nitrogens is 4. The van der Waals surface area contributed by atoms with Crippen molar-refractivity contribution in [2.45, 2.75) is 0 Å². The summed E-state index contributed by atoms with van der Waals surface area (Å²) in [5.74, 6) is 1.15. The number of pyridine rings is 2. The number of hydrogen-bond acceptors (Lipinski definition) is 3. The first-order valence-electron chi connectivity index (χ1n) is 19.8. The Balaban J connectivity index is 0.00000408. The molecule has 0 aliphatic rings. The Bertz CT molecular complexity index is 3330. The van der Waals surface area contributed by atoms with Crippen LogP contribution in [-0.4, -0.2) is 18.8 Å². The quantitative estimate of drug-likeness (QED) is 0.123. The van der Waals surface area contributed by atoms with Gasteiger partial charge >= 0.3 is 21.1 Å². The van der Waals surface area contributed by atoms with Crippen molar-refractivity contribution in [1.82, 2.24) is 18.8 Å². The molecule has 0 bridgehead atoms. The fourth-order valence-corrected chi connectivity index (χ4v) is 8.75. The third-order valence-electron chi connectivity index (χ3n) is 11.3. The normalized spacial score (nSPS) is 11.5. The molecule has 0 amide bonds. The van der Waals surface area contributed by atoms with Gasteiger partial charge in [-0.05, 0) is 34.0 Å². The summed E-state index contributed by atoms with van der Waals surface area (Å²) in [5, 5.41) is 6.09. The Hall–Kier alpha value is -7.33. The first kappa shape index (κ1) is 35.8. The summed E-state index contributed by atoms with van der Waals surface area (Å²) in [5.41, 5.74) is 12.0. The summed E-state index contributed by atoms with van der Waals surface area (Å²) in [7, 11) is 0. The molecule has 0 saturated carbocycles. The van der Waals surface area contributed by atoms with Crippen LogP contribution < -0.4 is 4.74 Å². The van der Waals surface area contributed by atoms with Gasteiger partial charge in [-0.1, -0.05) is 204 Å². The minimum Gasteiger partial charge on any atom is -0.497 e. The molecule has 284 valence electrons. The molecule has 4 heterocycles. The fraction of sp³-hybridized carbons (Fsp3) is 0. The molecule has 60 heavy (non-hydrogen) atoms. The van der Waals surface area contributed by atoms with E-state index in [0.29, 0.717) is 11.5 Å². The average molecular weight is 948 g/mol. The van der Waals surface area contributed by atoms with E-state index in [0.717, 1.165) is 99.7 Å². The minimum atomic E-state index is 0. The Morgan fingerprint density at radius 3 is 1.10 bits per heavy atom. The number of fused-ring (bicyclic) bond motifs is 12. The first-order valence-corrected chi connectivity index (χ1v) is 19.8. The first-order chi connectivity index (χ1) is 29.3. The van der Waals surface area contributed by atoms with Gasteiger partial charge in [0.2, 0.25) is 0 Å². The second-order valence-corrected chi connectivity index (χ2v) is 14.8. The SMILES string of the molecule is [Pt+2].[c-]1c(Oc2[c-]c3c(cc2)c2ccccc2n2c(-c4ccccc4)c(-c4ccccc4)nc32)ccc2c1c1nc(-c3ccccc3)c(-c3ccccc3)n1c1ccccc21. The van der Waals surface area contributed by atoms with E-state index in [1.807, 2.05) is 36.4 Å². The molecule has 0 aliphatic carbocycles. The zero-order valence-corrected chi connectivity index (χ0v) is 34.3. The van der Waals surface area contributed by atoms with Crippen molar-refractivity contribution in [3.63, 3.8) is 0 Å². The van der Waals surface area contributed by atoms with Crippen molar-refractivity contribution >= 4 is 54.6 Å². The van der Waals surface area contributed by atoms with Gasteiger partial charge in [-0.2, -0.15) is 0 Å². The zero-order valence-electron chi connectivity index (χ0n) is 32.0. The summed E-state index contributed by atoms with van der Waals surface area (Å²) >= 11 is 0. The van der Waals surface area contributed by atoms with Crippen LogP contribution in [-0.2, 0) is 21.1 Å². The van der Waals surface area contributed by atoms with Crippen LogP contribution in [0, 0.1) is 12.1 Å². The van der Waals surface area contributed by atoms with E-state index in [1.165, 1.54) is 0 Å². The number of benzene rings is 8. The summed E-state index contributed by atoms with van der Waals surface area (Å²) in [6.07, 6.45) is 0. The summed E-state index contributed by atoms with van der Waals surface area (Å²) in [6.45, 7) is 0. The van der Waals surface area contributed by atoms with Crippen LogP contribution in [0.4, 0.5) is 0 Å². The van der Waals surface area contributed by atoms with Crippen LogP contribution in [0.5, 0.6) is 11.5 Å². The molecule has 8 aromatic carbocycles. The molecule has 0 saturated heterocycles. The molecule has 6 heteroatoms. The summed E-state index contributed by atoms with van der Waals surface area (Å²) in [4.78, 5) is 10.8. The predicted molar refractivity (Wildman–Crippen MR) is 240 cm³/mol. The van der Waals surface area contributed by atoms with Gasteiger partial charge in [0.1, 0.15) is 0 Å². The van der Waals surface area contributed by atoms with Crippen molar-refractivity contribution < 1.29 is 25.8 Å². The number of imidazole rings is 2. The van der Waals surface area contributed by atoms with Gasteiger partial charge in [-0.25, -0.2) is 0 Å². The van der Waals surface area contributed by atoms with E-state index >= 15 is 0 Å². The van der Waals surface area contributed by atoms with E-state index in [4.69, 9.17) is 14.7 Å². The van der Waals surface area contributed by atoms with Gasteiger partial charge in [-0.3, -0.25) is 9.97 Å². The van der Waals surface area contributed by atoms with Crippen molar-refractivity contribution in [2.24, 2.45) is 0 Å². The van der Waals surface area contributed by atoms with Crippen LogP contribution in [0.15, 0.2) is 194 Å². The van der Waals surface area contributed by atoms with Gasteiger partial charge in [0, 0.05) is 33.7 Å². The Labute approximate surface area is 360 Å². The van der Waals surface area contributed by atoms with Crippen molar-refractivity contribution in [2.75, 3.05) is 0 Å². The third-order valence-corrected chi connectivity index (χ3v) is 11.3. The van der Waals surface area contributed by atoms with E-state index in [-0.39, 0.29) is 21.1 Å².